The Kier molecular flexibility index (Phi) is 3.09. The fourth-order valence-corrected chi connectivity index (χ4v) is 4.02. The number of hydrogen-bond acceptors (Lipinski definition) is 3. The summed E-state index contributed by atoms with van der Waals surface area (Å²) in [6.07, 6.45) is 7.34. The van der Waals surface area contributed by atoms with Crippen molar-refractivity contribution in [3.63, 3.8) is 0 Å². The normalized spacial score (nSPS) is 34.6. The highest BCUT2D eigenvalue weighted by atomic mass is 32.2. The molecule has 0 aliphatic carbocycles. The molecule has 5 heteroatoms. The van der Waals surface area contributed by atoms with Crippen LogP contribution in [0.25, 0.3) is 0 Å². The zero-order valence-corrected chi connectivity index (χ0v) is 11.0. The quantitative estimate of drug-likeness (QED) is 0.718. The van der Waals surface area contributed by atoms with E-state index in [2.05, 4.69) is 17.8 Å². The van der Waals surface area contributed by atoms with Crippen LogP contribution in [0.15, 0.2) is 4.99 Å². The van der Waals surface area contributed by atoms with Gasteiger partial charge in [-0.25, -0.2) is 4.79 Å². The second kappa shape index (κ2) is 4.26. The van der Waals surface area contributed by atoms with E-state index >= 15 is 0 Å². The van der Waals surface area contributed by atoms with Crippen molar-refractivity contribution >= 4 is 23.6 Å². The highest BCUT2D eigenvalue weighted by Gasteiger charge is 2.54. The highest BCUT2D eigenvalue weighted by molar-refractivity contribution is 8.00. The van der Waals surface area contributed by atoms with Gasteiger partial charge in [0, 0.05) is 5.25 Å². The van der Waals surface area contributed by atoms with Crippen LogP contribution in [-0.4, -0.2) is 39.4 Å². The van der Waals surface area contributed by atoms with Crippen LogP contribution in [0.5, 0.6) is 0 Å². The zero-order valence-electron chi connectivity index (χ0n) is 10.1. The predicted molar refractivity (Wildman–Crippen MR) is 71.0 cm³/mol. The number of carbonyl (C=O) groups is 1. The molecule has 0 bridgehead atoms. The Bertz CT molecular complexity index is 414. The third-order valence-electron chi connectivity index (χ3n) is 3.67. The minimum atomic E-state index is -0.466. The number of thioether (sulfide) groups is 1. The lowest BCUT2D eigenvalue weighted by molar-refractivity contribution is 0.150. The third-order valence-corrected chi connectivity index (χ3v) is 5.08. The molecule has 0 radical (unpaired) electrons. The Morgan fingerprint density at radius 1 is 1.76 bits per heavy atom. The summed E-state index contributed by atoms with van der Waals surface area (Å²) in [4.78, 5) is 17.6. The number of rotatable bonds is 1. The summed E-state index contributed by atoms with van der Waals surface area (Å²) in [6.45, 7) is 3.95. The second-order valence-electron chi connectivity index (χ2n) is 4.53. The van der Waals surface area contributed by atoms with Gasteiger partial charge in [0.25, 0.3) is 0 Å². The maximum Gasteiger partial charge on any atom is 0.347 e. The standard InChI is InChI=1S/C12H17N3OS/c1-4-8(2)15-11(16)14-10(13)12(15)6-5-7-17-9(12)3/h1,8-9H,5-7H2,2-3H3,(H2,13,14,16). The Balaban J connectivity index is 2.44. The van der Waals surface area contributed by atoms with Crippen LogP contribution in [0.3, 0.4) is 0 Å². The summed E-state index contributed by atoms with van der Waals surface area (Å²) in [7, 11) is 0. The molecule has 4 nitrogen and oxygen atoms in total. The van der Waals surface area contributed by atoms with E-state index in [0.29, 0.717) is 5.84 Å². The average Bonchev–Trinajstić information content (AvgIpc) is 2.55. The number of carbonyl (C=O) groups excluding carboxylic acids is 1. The summed E-state index contributed by atoms with van der Waals surface area (Å²) in [5.41, 5.74) is 5.55. The Labute approximate surface area is 106 Å². The number of hydrogen-bond donors (Lipinski definition) is 1. The fraction of sp³-hybridized carbons (Fsp3) is 0.667. The maximum atomic E-state index is 12.0. The molecule has 2 amide bonds. The van der Waals surface area contributed by atoms with Gasteiger partial charge in [-0.05, 0) is 25.5 Å². The van der Waals surface area contributed by atoms with E-state index in [1.807, 2.05) is 18.7 Å². The number of amides is 2. The lowest BCUT2D eigenvalue weighted by atomic mass is 9.86. The van der Waals surface area contributed by atoms with E-state index in [-0.39, 0.29) is 17.3 Å². The van der Waals surface area contributed by atoms with E-state index in [1.54, 1.807) is 4.90 Å². The van der Waals surface area contributed by atoms with Gasteiger partial charge >= 0.3 is 6.03 Å². The van der Waals surface area contributed by atoms with Crippen LogP contribution < -0.4 is 5.73 Å². The molecule has 2 aliphatic heterocycles. The van der Waals surface area contributed by atoms with Gasteiger partial charge in [0.2, 0.25) is 0 Å². The molecule has 17 heavy (non-hydrogen) atoms. The molecule has 0 aromatic carbocycles. The summed E-state index contributed by atoms with van der Waals surface area (Å²) in [5, 5.41) is 0.238. The number of terminal acetylenes is 1. The van der Waals surface area contributed by atoms with Crippen molar-refractivity contribution in [3.8, 4) is 12.3 Å². The van der Waals surface area contributed by atoms with Gasteiger partial charge in [-0.3, -0.25) is 4.90 Å². The third kappa shape index (κ3) is 1.62. The van der Waals surface area contributed by atoms with E-state index in [9.17, 15) is 4.79 Å². The Morgan fingerprint density at radius 3 is 3.06 bits per heavy atom. The van der Waals surface area contributed by atoms with Crippen LogP contribution in [0.1, 0.15) is 26.7 Å². The van der Waals surface area contributed by atoms with Crippen molar-refractivity contribution in [3.05, 3.63) is 0 Å². The monoisotopic (exact) mass is 251 g/mol. The second-order valence-corrected chi connectivity index (χ2v) is 5.98. The molecule has 2 rings (SSSR count). The Hall–Kier alpha value is -1.15. The minimum absolute atomic E-state index is 0.238. The first-order valence-corrected chi connectivity index (χ1v) is 6.84. The van der Waals surface area contributed by atoms with Crippen LogP contribution in [0.2, 0.25) is 0 Å². The van der Waals surface area contributed by atoms with Crippen LogP contribution in [-0.2, 0) is 0 Å². The molecule has 92 valence electrons. The molecule has 2 heterocycles. The first kappa shape index (κ1) is 12.3. The molecule has 2 aliphatic rings. The van der Waals surface area contributed by atoms with Crippen molar-refractivity contribution in [2.75, 3.05) is 5.75 Å². The topological polar surface area (TPSA) is 58.7 Å². The summed E-state index contributed by atoms with van der Waals surface area (Å²) < 4.78 is 0. The SMILES string of the molecule is C#CC(C)N1C(=O)N=C(N)C12CCCSC2C. The molecular formula is C12H17N3OS. The first-order valence-electron chi connectivity index (χ1n) is 5.79. The number of nitrogens with zero attached hydrogens (tertiary/aromatic N) is 2. The Morgan fingerprint density at radius 2 is 2.47 bits per heavy atom. The van der Waals surface area contributed by atoms with E-state index in [1.165, 1.54) is 0 Å². The van der Waals surface area contributed by atoms with Crippen molar-refractivity contribution in [2.24, 2.45) is 10.7 Å². The van der Waals surface area contributed by atoms with Gasteiger partial charge in [-0.15, -0.1) is 6.42 Å². The molecular weight excluding hydrogens is 234 g/mol. The lowest BCUT2D eigenvalue weighted by Crippen LogP contribution is -2.63. The van der Waals surface area contributed by atoms with Crippen molar-refractivity contribution in [1.29, 1.82) is 0 Å². The van der Waals surface area contributed by atoms with Crippen molar-refractivity contribution in [2.45, 2.75) is 43.5 Å². The molecule has 0 aromatic rings. The van der Waals surface area contributed by atoms with E-state index < -0.39 is 5.54 Å². The summed E-state index contributed by atoms with van der Waals surface area (Å²) in [5.74, 6) is 4.15. The van der Waals surface area contributed by atoms with Crippen LogP contribution >= 0.6 is 11.8 Å². The summed E-state index contributed by atoms with van der Waals surface area (Å²) >= 11 is 1.83. The van der Waals surface area contributed by atoms with Gasteiger partial charge in [-0.2, -0.15) is 16.8 Å². The van der Waals surface area contributed by atoms with E-state index in [4.69, 9.17) is 12.2 Å². The largest absolute Gasteiger partial charge is 0.385 e. The molecule has 0 saturated carbocycles. The molecule has 0 aromatic heterocycles. The smallest absolute Gasteiger partial charge is 0.347 e. The fourth-order valence-electron chi connectivity index (χ4n) is 2.73. The maximum absolute atomic E-state index is 12.0. The van der Waals surface area contributed by atoms with Gasteiger partial charge < -0.3 is 5.73 Å². The van der Waals surface area contributed by atoms with Crippen LogP contribution in [0.4, 0.5) is 4.79 Å². The molecule has 1 spiro atoms. The average molecular weight is 251 g/mol. The number of nitrogens with two attached hydrogens (primary N) is 1. The number of aliphatic imine (C=N–C) groups is 1. The van der Waals surface area contributed by atoms with Crippen molar-refractivity contribution < 1.29 is 4.79 Å². The molecule has 1 saturated heterocycles. The molecule has 2 N–H and O–H groups in total. The van der Waals surface area contributed by atoms with E-state index in [0.717, 1.165) is 18.6 Å². The predicted octanol–water partition coefficient (Wildman–Crippen LogP) is 1.46. The van der Waals surface area contributed by atoms with Gasteiger partial charge in [0.05, 0.1) is 6.04 Å². The minimum Gasteiger partial charge on any atom is -0.385 e. The lowest BCUT2D eigenvalue weighted by Gasteiger charge is -2.46. The molecule has 1 fully saturated rings. The molecule has 3 unspecified atom stereocenters. The highest BCUT2D eigenvalue weighted by Crippen LogP contribution is 2.42. The summed E-state index contributed by atoms with van der Waals surface area (Å²) in [6, 6.07) is -0.559. The van der Waals surface area contributed by atoms with Gasteiger partial charge in [0.1, 0.15) is 11.4 Å². The van der Waals surface area contributed by atoms with Gasteiger partial charge in [-0.1, -0.05) is 12.8 Å². The first-order chi connectivity index (χ1) is 8.04. The number of urea groups is 1. The number of amidine groups is 1. The van der Waals surface area contributed by atoms with Gasteiger partial charge in [0.15, 0.2) is 0 Å². The van der Waals surface area contributed by atoms with Crippen molar-refractivity contribution in [1.82, 2.24) is 4.90 Å². The zero-order chi connectivity index (χ0) is 12.6. The van der Waals surface area contributed by atoms with Crippen LogP contribution in [0, 0.1) is 12.3 Å². The molecule has 3 atom stereocenters.